The van der Waals surface area contributed by atoms with E-state index in [1.807, 2.05) is 0 Å². The van der Waals surface area contributed by atoms with Crippen LogP contribution >= 0.6 is 0 Å². The molecular formula is C21H15F3N4O2. The Balaban J connectivity index is 1.38. The number of fused-ring (bicyclic) bond motifs is 1. The molecule has 0 fully saturated rings. The Hall–Kier alpha value is -3.88. The van der Waals surface area contributed by atoms with Crippen LogP contribution in [-0.4, -0.2) is 20.9 Å². The number of nitrogens with zero attached hydrogens (tertiary/aromatic N) is 2. The van der Waals surface area contributed by atoms with Crippen molar-refractivity contribution in [1.29, 1.82) is 0 Å². The molecule has 2 N–H and O–H groups in total. The molecular weight excluding hydrogens is 397 g/mol. The molecule has 0 radical (unpaired) electrons. The smallest absolute Gasteiger partial charge is 0.295 e. The van der Waals surface area contributed by atoms with Gasteiger partial charge in [0, 0.05) is 30.4 Å². The number of hydrogen-bond donors (Lipinski definition) is 2. The zero-order valence-electron chi connectivity index (χ0n) is 15.4. The van der Waals surface area contributed by atoms with Gasteiger partial charge in [-0.2, -0.15) is 0 Å². The zero-order chi connectivity index (χ0) is 21.1. The van der Waals surface area contributed by atoms with Crippen molar-refractivity contribution in [3.8, 4) is 11.6 Å². The predicted octanol–water partition coefficient (Wildman–Crippen LogP) is 4.76. The maximum Gasteiger partial charge on any atom is 0.295 e. The molecule has 9 heteroatoms. The van der Waals surface area contributed by atoms with Crippen LogP contribution in [0.25, 0.3) is 11.0 Å². The van der Waals surface area contributed by atoms with Gasteiger partial charge in [0.2, 0.25) is 5.88 Å². The van der Waals surface area contributed by atoms with Gasteiger partial charge in [-0.25, -0.2) is 23.1 Å². The molecule has 0 saturated carbocycles. The number of hydrogen-bond acceptors (Lipinski definition) is 4. The van der Waals surface area contributed by atoms with Gasteiger partial charge in [-0.15, -0.1) is 0 Å². The molecule has 6 nitrogen and oxygen atoms in total. The van der Waals surface area contributed by atoms with Crippen molar-refractivity contribution in [3.63, 3.8) is 0 Å². The molecule has 0 unspecified atom stereocenters. The van der Waals surface area contributed by atoms with Gasteiger partial charge in [-0.1, -0.05) is 12.1 Å². The molecule has 2 aromatic carbocycles. The molecule has 0 aliphatic rings. The third-order valence-electron chi connectivity index (χ3n) is 4.24. The Morgan fingerprint density at radius 2 is 2.00 bits per heavy atom. The van der Waals surface area contributed by atoms with E-state index in [-0.39, 0.29) is 18.3 Å². The minimum Gasteiger partial charge on any atom is -0.439 e. The number of imidazole rings is 1. The number of aromatic nitrogens is 3. The number of pyridine rings is 1. The first-order valence-electron chi connectivity index (χ1n) is 8.92. The molecule has 0 aliphatic carbocycles. The monoisotopic (exact) mass is 412 g/mol. The molecule has 30 heavy (non-hydrogen) atoms. The number of rotatable bonds is 6. The van der Waals surface area contributed by atoms with E-state index in [1.54, 1.807) is 18.2 Å². The van der Waals surface area contributed by atoms with E-state index >= 15 is 0 Å². The number of aromatic amines is 1. The standard InChI is InChI=1S/C21H15F3N4O2/c22-14-2-1-3-15(9-14)30-18-7-4-12(10-25-18)11-26-21(29)13-5-6-16-17(8-13)28-20(27-16)19(23)24/h1-10,19H,11H2,(H,26,29)(H,27,28). The van der Waals surface area contributed by atoms with Gasteiger partial charge >= 0.3 is 0 Å². The topological polar surface area (TPSA) is 79.9 Å². The highest BCUT2D eigenvalue weighted by molar-refractivity contribution is 5.97. The Labute approximate surface area is 168 Å². The van der Waals surface area contributed by atoms with E-state index in [2.05, 4.69) is 20.3 Å². The third-order valence-corrected chi connectivity index (χ3v) is 4.24. The Kier molecular flexibility index (Phi) is 5.34. The van der Waals surface area contributed by atoms with Crippen molar-refractivity contribution >= 4 is 16.9 Å². The van der Waals surface area contributed by atoms with Crippen LogP contribution in [0.5, 0.6) is 11.6 Å². The molecule has 1 amide bonds. The summed E-state index contributed by atoms with van der Waals surface area (Å²) >= 11 is 0. The average Bonchev–Trinajstić information content (AvgIpc) is 3.17. The molecule has 0 spiro atoms. The van der Waals surface area contributed by atoms with Crippen molar-refractivity contribution in [2.24, 2.45) is 0 Å². The van der Waals surface area contributed by atoms with E-state index in [0.717, 1.165) is 5.56 Å². The van der Waals surface area contributed by atoms with Crippen molar-refractivity contribution in [3.05, 3.63) is 83.6 Å². The van der Waals surface area contributed by atoms with Gasteiger partial charge in [-0.3, -0.25) is 4.79 Å². The molecule has 4 rings (SSSR count). The number of alkyl halides is 2. The molecule has 2 aromatic heterocycles. The second-order valence-corrected chi connectivity index (χ2v) is 6.40. The summed E-state index contributed by atoms with van der Waals surface area (Å²) in [5.41, 5.74) is 1.75. The summed E-state index contributed by atoms with van der Waals surface area (Å²) in [6.07, 6.45) is -1.18. The molecule has 0 aliphatic heterocycles. The van der Waals surface area contributed by atoms with Crippen LogP contribution in [0.3, 0.4) is 0 Å². The maximum absolute atomic E-state index is 13.2. The van der Waals surface area contributed by atoms with Gasteiger partial charge in [0.1, 0.15) is 11.6 Å². The van der Waals surface area contributed by atoms with Crippen LogP contribution in [0.2, 0.25) is 0 Å². The van der Waals surface area contributed by atoms with Crippen LogP contribution in [0, 0.1) is 5.82 Å². The number of benzene rings is 2. The summed E-state index contributed by atoms with van der Waals surface area (Å²) < 4.78 is 44.1. The lowest BCUT2D eigenvalue weighted by Crippen LogP contribution is -2.22. The van der Waals surface area contributed by atoms with Crippen molar-refractivity contribution in [1.82, 2.24) is 20.3 Å². The Bertz CT molecular complexity index is 1190. The minimum atomic E-state index is -2.71. The molecule has 0 bridgehead atoms. The van der Waals surface area contributed by atoms with Gasteiger partial charge < -0.3 is 15.0 Å². The molecule has 4 aromatic rings. The van der Waals surface area contributed by atoms with Gasteiger partial charge in [-0.05, 0) is 35.9 Å². The summed E-state index contributed by atoms with van der Waals surface area (Å²) in [6, 6.07) is 13.5. The number of carbonyl (C=O) groups excluding carboxylic acids is 1. The summed E-state index contributed by atoms with van der Waals surface area (Å²) in [6.45, 7) is 0.204. The number of carbonyl (C=O) groups is 1. The summed E-state index contributed by atoms with van der Waals surface area (Å²) in [5, 5.41) is 2.73. The highest BCUT2D eigenvalue weighted by atomic mass is 19.3. The summed E-state index contributed by atoms with van der Waals surface area (Å²) in [7, 11) is 0. The largest absolute Gasteiger partial charge is 0.439 e. The maximum atomic E-state index is 13.2. The summed E-state index contributed by atoms with van der Waals surface area (Å²) in [5.74, 6) is -0.604. The van der Waals surface area contributed by atoms with Crippen LogP contribution < -0.4 is 10.1 Å². The third kappa shape index (κ3) is 4.40. The number of nitrogens with one attached hydrogen (secondary N) is 2. The number of ether oxygens (including phenoxy) is 1. The first-order valence-corrected chi connectivity index (χ1v) is 8.92. The fraction of sp³-hybridized carbons (Fsp3) is 0.0952. The van der Waals surface area contributed by atoms with E-state index in [1.165, 1.54) is 42.6 Å². The van der Waals surface area contributed by atoms with Crippen LogP contribution in [-0.2, 0) is 6.54 Å². The van der Waals surface area contributed by atoms with Crippen LogP contribution in [0.1, 0.15) is 28.2 Å². The first-order chi connectivity index (χ1) is 14.5. The zero-order valence-corrected chi connectivity index (χ0v) is 15.4. The van der Waals surface area contributed by atoms with Crippen LogP contribution in [0.15, 0.2) is 60.8 Å². The average molecular weight is 412 g/mol. The van der Waals surface area contributed by atoms with Crippen LogP contribution in [0.4, 0.5) is 13.2 Å². The fourth-order valence-corrected chi connectivity index (χ4v) is 2.79. The quantitative estimate of drug-likeness (QED) is 0.479. The van der Waals surface area contributed by atoms with Gasteiger partial charge in [0.05, 0.1) is 11.0 Å². The van der Waals surface area contributed by atoms with E-state index in [9.17, 15) is 18.0 Å². The second-order valence-electron chi connectivity index (χ2n) is 6.40. The number of H-pyrrole nitrogens is 1. The lowest BCUT2D eigenvalue weighted by molar-refractivity contribution is 0.0951. The van der Waals surface area contributed by atoms with Crippen molar-refractivity contribution < 1.29 is 22.7 Å². The first kappa shape index (κ1) is 19.4. The fourth-order valence-electron chi connectivity index (χ4n) is 2.79. The minimum absolute atomic E-state index is 0.204. The van der Waals surface area contributed by atoms with Crippen molar-refractivity contribution in [2.75, 3.05) is 0 Å². The van der Waals surface area contributed by atoms with Gasteiger partial charge in [0.15, 0.2) is 5.82 Å². The van der Waals surface area contributed by atoms with Gasteiger partial charge in [0.25, 0.3) is 12.3 Å². The number of amides is 1. The lowest BCUT2D eigenvalue weighted by atomic mass is 10.2. The Morgan fingerprint density at radius 1 is 1.13 bits per heavy atom. The van der Waals surface area contributed by atoms with Crippen molar-refractivity contribution in [2.45, 2.75) is 13.0 Å². The normalized spacial score (nSPS) is 11.1. The molecule has 0 saturated heterocycles. The highest BCUT2D eigenvalue weighted by Crippen LogP contribution is 2.21. The number of halogens is 3. The summed E-state index contributed by atoms with van der Waals surface area (Å²) in [4.78, 5) is 22.8. The van der Waals surface area contributed by atoms with E-state index < -0.39 is 18.1 Å². The van der Waals surface area contributed by atoms with E-state index in [4.69, 9.17) is 4.74 Å². The highest BCUT2D eigenvalue weighted by Gasteiger charge is 2.14. The molecule has 152 valence electrons. The molecule has 2 heterocycles. The second kappa shape index (κ2) is 8.24. The van der Waals surface area contributed by atoms with E-state index in [0.29, 0.717) is 22.3 Å². The predicted molar refractivity (Wildman–Crippen MR) is 103 cm³/mol. The Morgan fingerprint density at radius 3 is 2.73 bits per heavy atom. The SMILES string of the molecule is O=C(NCc1ccc(Oc2cccc(F)c2)nc1)c1ccc2nc(C(F)F)[nH]c2c1. The molecule has 0 atom stereocenters. The lowest BCUT2D eigenvalue weighted by Gasteiger charge is -2.07.